The van der Waals surface area contributed by atoms with Gasteiger partial charge in [0.25, 0.3) is 0 Å². The molecule has 0 saturated heterocycles. The molecule has 1 N–H and O–H groups in total. The van der Waals surface area contributed by atoms with Crippen molar-refractivity contribution in [2.24, 2.45) is 0 Å². The maximum Gasteiger partial charge on any atom is 0.250 e. The summed E-state index contributed by atoms with van der Waals surface area (Å²) in [7, 11) is 0. The highest BCUT2D eigenvalue weighted by molar-refractivity contribution is 6.04. The minimum absolute atomic E-state index is 0.376. The minimum Gasteiger partial charge on any atom is -0.289 e. The molecule has 0 unspecified atom stereocenters. The molecule has 0 bridgehead atoms. The summed E-state index contributed by atoms with van der Waals surface area (Å²) >= 11 is 0. The van der Waals surface area contributed by atoms with Crippen LogP contribution in [0.1, 0.15) is 45.4 Å². The molecule has 3 nitrogen and oxygen atoms in total. The van der Waals surface area contributed by atoms with E-state index in [1.807, 2.05) is 0 Å². The highest BCUT2D eigenvalue weighted by Crippen LogP contribution is 2.05. The van der Waals surface area contributed by atoms with E-state index in [-0.39, 0.29) is 5.91 Å². The summed E-state index contributed by atoms with van der Waals surface area (Å²) in [5, 5.41) is 2.16. The van der Waals surface area contributed by atoms with Gasteiger partial charge in [-0.1, -0.05) is 45.3 Å². The normalized spacial score (nSPS) is 10.3. The molecular formula is C13H21NO2. The van der Waals surface area contributed by atoms with Gasteiger partial charge >= 0.3 is 0 Å². The fraction of sp³-hybridized carbons (Fsp3) is 0.538. The van der Waals surface area contributed by atoms with Crippen LogP contribution in [0.4, 0.5) is 0 Å². The van der Waals surface area contributed by atoms with E-state index in [2.05, 4.69) is 18.8 Å². The van der Waals surface area contributed by atoms with E-state index in [0.29, 0.717) is 0 Å². The maximum absolute atomic E-state index is 11.1. The van der Waals surface area contributed by atoms with Crippen LogP contribution in [0.3, 0.4) is 0 Å². The number of carbonyl (C=O) groups is 2. The van der Waals surface area contributed by atoms with E-state index >= 15 is 0 Å². The number of rotatable bonds is 8. The van der Waals surface area contributed by atoms with Gasteiger partial charge in [-0.3, -0.25) is 14.9 Å². The van der Waals surface area contributed by atoms with Crippen LogP contribution in [0.25, 0.3) is 0 Å². The molecule has 0 aromatic rings. The highest BCUT2D eigenvalue weighted by Gasteiger charge is 1.98. The molecule has 90 valence electrons. The van der Waals surface area contributed by atoms with Crippen molar-refractivity contribution >= 4 is 11.8 Å². The molecule has 0 heterocycles. The first-order chi connectivity index (χ1) is 7.70. The lowest BCUT2D eigenvalue weighted by molar-refractivity contribution is -0.125. The van der Waals surface area contributed by atoms with Crippen LogP contribution in [0.2, 0.25) is 0 Å². The molecular weight excluding hydrogens is 202 g/mol. The summed E-state index contributed by atoms with van der Waals surface area (Å²) in [6.45, 7) is 5.44. The van der Waals surface area contributed by atoms with Crippen molar-refractivity contribution in [3.8, 4) is 0 Å². The van der Waals surface area contributed by atoms with Gasteiger partial charge in [0, 0.05) is 0 Å². The van der Waals surface area contributed by atoms with Crippen LogP contribution < -0.4 is 5.32 Å². The van der Waals surface area contributed by atoms with E-state index in [4.69, 9.17) is 0 Å². The van der Waals surface area contributed by atoms with Gasteiger partial charge in [-0.2, -0.15) is 0 Å². The molecule has 0 aromatic heterocycles. The average Bonchev–Trinajstić information content (AvgIpc) is 2.27. The van der Waals surface area contributed by atoms with Gasteiger partial charge in [0.15, 0.2) is 0 Å². The smallest absolute Gasteiger partial charge is 0.250 e. The summed E-state index contributed by atoms with van der Waals surface area (Å²) in [5.74, 6) is -0.837. The van der Waals surface area contributed by atoms with Crippen LogP contribution in [-0.4, -0.2) is 11.8 Å². The Hall–Kier alpha value is -1.38. The van der Waals surface area contributed by atoms with E-state index in [0.717, 1.165) is 18.9 Å². The first-order valence-corrected chi connectivity index (χ1v) is 5.84. The zero-order chi connectivity index (χ0) is 12.2. The van der Waals surface area contributed by atoms with Crippen LogP contribution >= 0.6 is 0 Å². The fourth-order valence-electron chi connectivity index (χ4n) is 1.27. The third kappa shape index (κ3) is 9.19. The number of nitrogens with one attached hydrogen (secondary N) is 1. The Balaban J connectivity index is 3.49. The predicted octanol–water partition coefficient (Wildman–Crippen LogP) is 2.73. The van der Waals surface area contributed by atoms with Gasteiger partial charge < -0.3 is 0 Å². The van der Waals surface area contributed by atoms with Crippen molar-refractivity contribution in [3.63, 3.8) is 0 Å². The van der Waals surface area contributed by atoms with Gasteiger partial charge in [0.05, 0.1) is 0 Å². The second kappa shape index (κ2) is 10.1. The Morgan fingerprint density at radius 3 is 2.44 bits per heavy atom. The summed E-state index contributed by atoms with van der Waals surface area (Å²) < 4.78 is 0. The highest BCUT2D eigenvalue weighted by atomic mass is 16.2. The van der Waals surface area contributed by atoms with E-state index in [9.17, 15) is 9.59 Å². The quantitative estimate of drug-likeness (QED) is 0.508. The zero-order valence-corrected chi connectivity index (χ0v) is 10.00. The SMILES string of the molecule is C=CC(=O)NC(=O)C=CCCCCCCC. The molecule has 0 fully saturated rings. The Labute approximate surface area is 97.6 Å². The monoisotopic (exact) mass is 223 g/mol. The molecule has 0 radical (unpaired) electrons. The van der Waals surface area contributed by atoms with Gasteiger partial charge in [0.2, 0.25) is 11.8 Å². The lowest BCUT2D eigenvalue weighted by Crippen LogP contribution is -2.26. The summed E-state index contributed by atoms with van der Waals surface area (Å²) in [6.07, 6.45) is 11.2. The predicted molar refractivity (Wildman–Crippen MR) is 65.9 cm³/mol. The van der Waals surface area contributed by atoms with Crippen molar-refractivity contribution < 1.29 is 9.59 Å². The molecule has 0 atom stereocenters. The van der Waals surface area contributed by atoms with Crippen LogP contribution in [0.5, 0.6) is 0 Å². The van der Waals surface area contributed by atoms with Crippen molar-refractivity contribution in [1.29, 1.82) is 0 Å². The molecule has 3 heteroatoms. The number of allylic oxidation sites excluding steroid dienone is 1. The lowest BCUT2D eigenvalue weighted by Gasteiger charge is -1.96. The van der Waals surface area contributed by atoms with E-state index < -0.39 is 5.91 Å². The third-order valence-corrected chi connectivity index (χ3v) is 2.18. The number of imide groups is 1. The molecule has 0 aliphatic rings. The largest absolute Gasteiger partial charge is 0.289 e. The lowest BCUT2D eigenvalue weighted by atomic mass is 10.1. The Kier molecular flexibility index (Phi) is 9.27. The average molecular weight is 223 g/mol. The first-order valence-electron chi connectivity index (χ1n) is 5.84. The number of amides is 2. The van der Waals surface area contributed by atoms with Crippen LogP contribution in [0.15, 0.2) is 24.8 Å². The summed E-state index contributed by atoms with van der Waals surface area (Å²) in [4.78, 5) is 21.8. The van der Waals surface area contributed by atoms with Gasteiger partial charge in [-0.05, 0) is 25.0 Å². The number of carbonyl (C=O) groups excluding carboxylic acids is 2. The molecule has 2 amide bonds. The second-order valence-corrected chi connectivity index (χ2v) is 3.66. The Morgan fingerprint density at radius 2 is 1.81 bits per heavy atom. The Bertz CT molecular complexity index is 257. The summed E-state index contributed by atoms with van der Waals surface area (Å²) in [6, 6.07) is 0. The standard InChI is InChI=1S/C13H21NO2/c1-3-5-6-7-8-9-10-11-13(16)14-12(15)4-2/h4,10-11H,2-3,5-9H2,1H3,(H,14,15,16). The topological polar surface area (TPSA) is 46.2 Å². The van der Waals surface area contributed by atoms with Crippen LogP contribution in [-0.2, 0) is 9.59 Å². The molecule has 0 spiro atoms. The van der Waals surface area contributed by atoms with Crippen molar-refractivity contribution in [3.05, 3.63) is 24.8 Å². The van der Waals surface area contributed by atoms with E-state index in [1.165, 1.54) is 31.8 Å². The Morgan fingerprint density at radius 1 is 1.12 bits per heavy atom. The maximum atomic E-state index is 11.1. The molecule has 0 aliphatic carbocycles. The summed E-state index contributed by atoms with van der Waals surface area (Å²) in [5.41, 5.74) is 0. The van der Waals surface area contributed by atoms with E-state index in [1.54, 1.807) is 6.08 Å². The first kappa shape index (κ1) is 14.6. The van der Waals surface area contributed by atoms with Gasteiger partial charge in [-0.15, -0.1) is 0 Å². The molecule has 0 saturated carbocycles. The molecule has 0 rings (SSSR count). The minimum atomic E-state index is -0.461. The molecule has 16 heavy (non-hydrogen) atoms. The number of hydrogen-bond acceptors (Lipinski definition) is 2. The van der Waals surface area contributed by atoms with Gasteiger partial charge in [-0.25, -0.2) is 0 Å². The third-order valence-electron chi connectivity index (χ3n) is 2.18. The van der Waals surface area contributed by atoms with Crippen molar-refractivity contribution in [2.75, 3.05) is 0 Å². The zero-order valence-electron chi connectivity index (χ0n) is 10.00. The number of unbranched alkanes of at least 4 members (excludes halogenated alkanes) is 5. The fourth-order valence-corrected chi connectivity index (χ4v) is 1.27. The number of hydrogen-bond donors (Lipinski definition) is 1. The van der Waals surface area contributed by atoms with Gasteiger partial charge in [0.1, 0.15) is 0 Å². The molecule has 0 aliphatic heterocycles. The van der Waals surface area contributed by atoms with Crippen LogP contribution in [0, 0.1) is 0 Å². The molecule has 0 aromatic carbocycles. The van der Waals surface area contributed by atoms with Crippen molar-refractivity contribution in [1.82, 2.24) is 5.32 Å². The second-order valence-electron chi connectivity index (χ2n) is 3.66. The van der Waals surface area contributed by atoms with Crippen molar-refractivity contribution in [2.45, 2.75) is 45.4 Å².